The molecule has 2 aliphatic carbocycles. The quantitative estimate of drug-likeness (QED) is 0.506. The molecular weight excluding hydrogens is 527 g/mol. The highest BCUT2D eigenvalue weighted by molar-refractivity contribution is 6.31. The van der Waals surface area contributed by atoms with E-state index in [9.17, 15) is 24.3 Å². The van der Waals surface area contributed by atoms with Crippen molar-refractivity contribution in [2.24, 2.45) is 18.9 Å². The van der Waals surface area contributed by atoms with Gasteiger partial charge in [-0.1, -0.05) is 11.6 Å². The first-order valence-corrected chi connectivity index (χ1v) is 12.5. The number of fused-ring (bicyclic) bond motifs is 1. The second-order valence-corrected chi connectivity index (χ2v) is 10.9. The molecule has 3 fully saturated rings. The lowest BCUT2D eigenvalue weighted by Gasteiger charge is -2.39. The summed E-state index contributed by atoms with van der Waals surface area (Å²) in [5.41, 5.74) is -2.98. The number of carbonyl (C=O) groups is 2. The molecule has 1 saturated heterocycles. The van der Waals surface area contributed by atoms with E-state index in [1.807, 2.05) is 0 Å². The zero-order valence-electron chi connectivity index (χ0n) is 20.3. The van der Waals surface area contributed by atoms with Crippen molar-refractivity contribution in [2.45, 2.75) is 48.7 Å². The Morgan fingerprint density at radius 1 is 1.29 bits per heavy atom. The van der Waals surface area contributed by atoms with Crippen LogP contribution in [0.25, 0.3) is 0 Å². The third kappa shape index (κ3) is 4.32. The van der Waals surface area contributed by atoms with Crippen molar-refractivity contribution in [1.82, 2.24) is 14.9 Å². The van der Waals surface area contributed by atoms with Gasteiger partial charge in [-0.25, -0.2) is 9.37 Å². The van der Waals surface area contributed by atoms with Crippen molar-refractivity contribution in [1.29, 1.82) is 5.26 Å². The number of rotatable bonds is 6. The van der Waals surface area contributed by atoms with Crippen LogP contribution in [-0.4, -0.2) is 56.7 Å². The van der Waals surface area contributed by atoms with Crippen molar-refractivity contribution in [3.8, 4) is 6.07 Å². The Hall–Kier alpha value is -3.14. The lowest BCUT2D eigenvalue weighted by Crippen LogP contribution is -2.67. The monoisotopic (exact) mass is 551 g/mol. The van der Waals surface area contributed by atoms with Crippen molar-refractivity contribution in [3.05, 3.63) is 46.8 Å². The van der Waals surface area contributed by atoms with Crippen molar-refractivity contribution >= 4 is 29.1 Å². The van der Waals surface area contributed by atoms with Gasteiger partial charge in [-0.2, -0.15) is 14.0 Å². The number of amides is 2. The number of nitrogens with zero attached hydrogens (tertiary/aromatic N) is 3. The minimum atomic E-state index is -4.10. The highest BCUT2D eigenvalue weighted by atomic mass is 35.5. The zero-order valence-corrected chi connectivity index (χ0v) is 21.1. The number of carbonyl (C=O) groups excluding carboxylic acids is 2. The first-order chi connectivity index (χ1) is 17.9. The third-order valence-electron chi connectivity index (χ3n) is 7.92. The number of nitriles is 1. The summed E-state index contributed by atoms with van der Waals surface area (Å²) in [6.07, 6.45) is 1.70. The number of benzene rings is 1. The maximum Gasteiger partial charge on any atom is 0.352 e. The molecule has 2 unspecified atom stereocenters. The van der Waals surface area contributed by atoms with Gasteiger partial charge in [0.25, 0.3) is 11.8 Å². The first kappa shape index (κ1) is 26.5. The normalized spacial score (nSPS) is 27.8. The molecule has 3 aliphatic rings. The number of imidazole rings is 1. The Labute approximate surface area is 220 Å². The Balaban J connectivity index is 1.28. The van der Waals surface area contributed by atoms with Crippen LogP contribution in [0.5, 0.6) is 0 Å². The Morgan fingerprint density at radius 3 is 2.50 bits per heavy atom. The largest absolute Gasteiger partial charge is 0.383 e. The van der Waals surface area contributed by atoms with Crippen molar-refractivity contribution in [3.63, 3.8) is 0 Å². The van der Waals surface area contributed by atoms with Gasteiger partial charge in [-0.15, -0.1) is 0 Å². The van der Waals surface area contributed by atoms with E-state index in [0.717, 1.165) is 6.07 Å². The summed E-state index contributed by atoms with van der Waals surface area (Å²) in [6, 6.07) is 5.59. The summed E-state index contributed by atoms with van der Waals surface area (Å²) in [5, 5.41) is 24.7. The number of nitrogens with one attached hydrogen (secondary N) is 2. The molecule has 202 valence electrons. The molecule has 13 heteroatoms. The lowest BCUT2D eigenvalue weighted by atomic mass is 9.86. The fourth-order valence-electron chi connectivity index (χ4n) is 5.91. The van der Waals surface area contributed by atoms with E-state index in [-0.39, 0.29) is 54.5 Å². The molecular formula is C25H25ClF3N5O4. The maximum atomic E-state index is 15.2. The van der Waals surface area contributed by atoms with E-state index >= 15 is 8.78 Å². The van der Waals surface area contributed by atoms with Crippen molar-refractivity contribution < 1.29 is 32.6 Å². The van der Waals surface area contributed by atoms with Crippen LogP contribution in [0.4, 0.5) is 18.9 Å². The van der Waals surface area contributed by atoms with Crippen LogP contribution in [0.3, 0.4) is 0 Å². The summed E-state index contributed by atoms with van der Waals surface area (Å²) in [6.45, 7) is -0.379. The Morgan fingerprint density at radius 2 is 1.95 bits per heavy atom. The number of hydrogen-bond acceptors (Lipinski definition) is 6. The summed E-state index contributed by atoms with van der Waals surface area (Å²) in [4.78, 5) is 29.9. The fraction of sp³-hybridized carbons (Fsp3) is 0.520. The molecule has 3 N–H and O–H groups in total. The second-order valence-electron chi connectivity index (χ2n) is 10.5. The molecule has 0 spiro atoms. The molecule has 0 bridgehead atoms. The molecule has 5 rings (SSSR count). The van der Waals surface area contributed by atoms with E-state index in [1.165, 1.54) is 18.5 Å². The van der Waals surface area contributed by atoms with Gasteiger partial charge < -0.3 is 25.0 Å². The number of ether oxygens (including phenoxy) is 1. The van der Waals surface area contributed by atoms with Crippen LogP contribution in [0, 0.1) is 29.0 Å². The Kier molecular flexibility index (Phi) is 6.44. The summed E-state index contributed by atoms with van der Waals surface area (Å²) in [7, 11) is 1.65. The molecule has 1 aromatic carbocycles. The van der Waals surface area contributed by atoms with Crippen LogP contribution < -0.4 is 10.6 Å². The molecule has 1 aromatic heterocycles. The molecule has 2 atom stereocenters. The van der Waals surface area contributed by atoms with Crippen LogP contribution in [0.15, 0.2) is 24.5 Å². The van der Waals surface area contributed by atoms with Gasteiger partial charge in [-0.3, -0.25) is 9.59 Å². The second kappa shape index (κ2) is 9.25. The average Bonchev–Trinajstić information content (AvgIpc) is 3.49. The molecule has 2 aromatic rings. The SMILES string of the molecule is Cn1cnc(C2CC3CC(O)(C(F)(F)C(=O)NC4(C#N)COC4)CC3C2)c1C(=O)Nc1ccc(F)c(Cl)c1. The standard InChI is InChI=1S/C25H25ClF3N5O4/c1-34-12-31-19(20(34)21(35)32-16-2-3-18(27)17(26)6-16)13-4-14-7-24(37,8-15(14)5-13)25(28,29)22(36)33-23(9-30)10-38-11-23/h2-3,6,12-15,37H,4-5,7-8,10-11H2,1H3,(H,32,35)(H,33,36). The molecule has 2 heterocycles. The van der Waals surface area contributed by atoms with Gasteiger partial charge in [0, 0.05) is 18.7 Å². The van der Waals surface area contributed by atoms with Gasteiger partial charge in [0.05, 0.1) is 36.3 Å². The van der Waals surface area contributed by atoms with Gasteiger partial charge in [-0.05, 0) is 55.7 Å². The number of aliphatic hydroxyl groups is 1. The molecule has 38 heavy (non-hydrogen) atoms. The minimum absolute atomic E-state index is 0.140. The molecule has 0 radical (unpaired) electrons. The van der Waals surface area contributed by atoms with Gasteiger partial charge in [0.2, 0.25) is 0 Å². The maximum absolute atomic E-state index is 15.2. The van der Waals surface area contributed by atoms with Gasteiger partial charge >= 0.3 is 5.92 Å². The molecule has 1 aliphatic heterocycles. The van der Waals surface area contributed by atoms with E-state index in [0.29, 0.717) is 24.2 Å². The predicted octanol–water partition coefficient (Wildman–Crippen LogP) is 3.14. The number of aryl methyl sites for hydroxylation is 1. The number of alkyl halides is 2. The summed E-state index contributed by atoms with van der Waals surface area (Å²) < 4.78 is 50.3. The van der Waals surface area contributed by atoms with Gasteiger partial charge in [0.1, 0.15) is 17.1 Å². The molecule has 2 amide bonds. The minimum Gasteiger partial charge on any atom is -0.383 e. The highest BCUT2D eigenvalue weighted by Gasteiger charge is 2.65. The summed E-state index contributed by atoms with van der Waals surface area (Å²) in [5.74, 6) is -7.72. The number of anilines is 1. The van der Waals surface area contributed by atoms with Crippen LogP contribution >= 0.6 is 11.6 Å². The van der Waals surface area contributed by atoms with Crippen LogP contribution in [0.1, 0.15) is 47.8 Å². The number of hydrogen-bond donors (Lipinski definition) is 3. The smallest absolute Gasteiger partial charge is 0.352 e. The first-order valence-electron chi connectivity index (χ1n) is 12.1. The summed E-state index contributed by atoms with van der Waals surface area (Å²) >= 11 is 5.80. The van der Waals surface area contributed by atoms with Crippen LogP contribution in [0.2, 0.25) is 5.02 Å². The van der Waals surface area contributed by atoms with Crippen LogP contribution in [-0.2, 0) is 16.6 Å². The fourth-order valence-corrected chi connectivity index (χ4v) is 6.09. The Bertz CT molecular complexity index is 1320. The molecule has 2 saturated carbocycles. The average molecular weight is 552 g/mol. The van der Waals surface area contributed by atoms with Crippen molar-refractivity contribution in [2.75, 3.05) is 18.5 Å². The topological polar surface area (TPSA) is 129 Å². The number of aromatic nitrogens is 2. The third-order valence-corrected chi connectivity index (χ3v) is 8.21. The predicted molar refractivity (Wildman–Crippen MR) is 128 cm³/mol. The molecule has 9 nitrogen and oxygen atoms in total. The number of halogens is 4. The van der Waals surface area contributed by atoms with E-state index in [4.69, 9.17) is 16.3 Å². The lowest BCUT2D eigenvalue weighted by molar-refractivity contribution is -0.196. The highest BCUT2D eigenvalue weighted by Crippen LogP contribution is 2.57. The van der Waals surface area contributed by atoms with E-state index < -0.39 is 34.7 Å². The zero-order chi connectivity index (χ0) is 27.5. The van der Waals surface area contributed by atoms with E-state index in [2.05, 4.69) is 15.6 Å². The van der Waals surface area contributed by atoms with E-state index in [1.54, 1.807) is 17.7 Å². The van der Waals surface area contributed by atoms with Gasteiger partial charge in [0.15, 0.2) is 5.54 Å².